The molecule has 0 bridgehead atoms. The third kappa shape index (κ3) is 4.03. The van der Waals surface area contributed by atoms with E-state index >= 15 is 0 Å². The number of hydrogen-bond acceptors (Lipinski definition) is 4. The number of urea groups is 1. The average Bonchev–Trinajstić information content (AvgIpc) is 3.07. The summed E-state index contributed by atoms with van der Waals surface area (Å²) in [5.41, 5.74) is 1.98. The van der Waals surface area contributed by atoms with Gasteiger partial charge in [-0.25, -0.2) is 4.79 Å². The van der Waals surface area contributed by atoms with Crippen molar-refractivity contribution in [3.63, 3.8) is 0 Å². The lowest BCUT2D eigenvalue weighted by molar-refractivity contribution is 0.230. The maximum Gasteiger partial charge on any atom is 0.322 e. The summed E-state index contributed by atoms with van der Waals surface area (Å²) >= 11 is 0. The average molecular weight is 387 g/mol. The Bertz CT molecular complexity index is 1120. The Morgan fingerprint density at radius 1 is 1.07 bits per heavy atom. The van der Waals surface area contributed by atoms with E-state index in [1.54, 1.807) is 26.5 Å². The van der Waals surface area contributed by atoms with Gasteiger partial charge in [-0.2, -0.15) is 5.10 Å². The lowest BCUT2D eigenvalue weighted by Crippen LogP contribution is -2.27. The molecule has 4 rings (SSSR count). The van der Waals surface area contributed by atoms with Crippen molar-refractivity contribution < 1.29 is 9.53 Å². The van der Waals surface area contributed by atoms with E-state index in [0.29, 0.717) is 23.9 Å². The predicted molar refractivity (Wildman–Crippen MR) is 112 cm³/mol. The Labute approximate surface area is 168 Å². The number of benzene rings is 2. The topological polar surface area (TPSA) is 72.3 Å². The van der Waals surface area contributed by atoms with Crippen LogP contribution in [0, 0.1) is 0 Å². The number of carbonyl (C=O) groups is 1. The van der Waals surface area contributed by atoms with E-state index in [-0.39, 0.29) is 6.03 Å². The van der Waals surface area contributed by atoms with Gasteiger partial charge in [-0.15, -0.1) is 0 Å². The molecule has 0 unspecified atom stereocenters. The Hall–Kier alpha value is -3.87. The van der Waals surface area contributed by atoms with E-state index in [1.165, 1.54) is 4.90 Å². The van der Waals surface area contributed by atoms with Crippen molar-refractivity contribution in [2.24, 2.45) is 0 Å². The largest absolute Gasteiger partial charge is 0.455 e. The summed E-state index contributed by atoms with van der Waals surface area (Å²) in [7, 11) is 3.37. The van der Waals surface area contributed by atoms with Crippen LogP contribution in [0.4, 0.5) is 10.6 Å². The summed E-state index contributed by atoms with van der Waals surface area (Å²) < 4.78 is 7.92. The molecule has 0 aliphatic heterocycles. The van der Waals surface area contributed by atoms with E-state index in [4.69, 9.17) is 4.74 Å². The van der Waals surface area contributed by atoms with Gasteiger partial charge in [-0.3, -0.25) is 15.0 Å². The zero-order valence-electron chi connectivity index (χ0n) is 16.2. The number of pyridine rings is 1. The van der Waals surface area contributed by atoms with Gasteiger partial charge >= 0.3 is 6.03 Å². The van der Waals surface area contributed by atoms with Crippen LogP contribution in [0.1, 0.15) is 5.56 Å². The second-order valence-corrected chi connectivity index (χ2v) is 6.76. The number of amides is 2. The SMILES string of the molecule is CN(C)C(=O)Nc1nn(Cc2ccccc2)c2cccc(Oc3cccnc3)c12. The first kappa shape index (κ1) is 18.5. The fraction of sp³-hybridized carbons (Fsp3) is 0.136. The molecule has 0 radical (unpaired) electrons. The van der Waals surface area contributed by atoms with Crippen molar-refractivity contribution in [2.45, 2.75) is 6.54 Å². The number of nitrogens with zero attached hydrogens (tertiary/aromatic N) is 4. The van der Waals surface area contributed by atoms with E-state index < -0.39 is 0 Å². The maximum atomic E-state index is 12.3. The van der Waals surface area contributed by atoms with Gasteiger partial charge in [0.1, 0.15) is 11.5 Å². The third-order valence-corrected chi connectivity index (χ3v) is 4.41. The highest BCUT2D eigenvalue weighted by Gasteiger charge is 2.18. The minimum atomic E-state index is -0.257. The summed E-state index contributed by atoms with van der Waals surface area (Å²) in [6.07, 6.45) is 3.33. The van der Waals surface area contributed by atoms with Crippen LogP contribution >= 0.6 is 0 Å². The molecule has 1 N–H and O–H groups in total. The Morgan fingerprint density at radius 2 is 1.90 bits per heavy atom. The van der Waals surface area contributed by atoms with Crippen molar-refractivity contribution in [2.75, 3.05) is 19.4 Å². The molecule has 0 spiro atoms. The lowest BCUT2D eigenvalue weighted by atomic mass is 10.2. The number of aromatic nitrogens is 3. The van der Waals surface area contributed by atoms with Gasteiger partial charge in [0.15, 0.2) is 5.82 Å². The molecule has 2 aromatic carbocycles. The van der Waals surface area contributed by atoms with Crippen LogP contribution in [0.3, 0.4) is 0 Å². The van der Waals surface area contributed by atoms with Crippen LogP contribution in [-0.4, -0.2) is 39.8 Å². The molecule has 7 heteroatoms. The predicted octanol–water partition coefficient (Wildman–Crippen LogP) is 4.37. The van der Waals surface area contributed by atoms with Gasteiger partial charge in [-0.1, -0.05) is 36.4 Å². The smallest absolute Gasteiger partial charge is 0.322 e. The number of carbonyl (C=O) groups excluding carboxylic acids is 1. The van der Waals surface area contributed by atoms with Crippen LogP contribution in [-0.2, 0) is 6.54 Å². The highest BCUT2D eigenvalue weighted by molar-refractivity contribution is 6.02. The Balaban J connectivity index is 1.80. The second-order valence-electron chi connectivity index (χ2n) is 6.76. The molecule has 0 saturated carbocycles. The first-order valence-corrected chi connectivity index (χ1v) is 9.21. The quantitative estimate of drug-likeness (QED) is 0.552. The van der Waals surface area contributed by atoms with Crippen LogP contribution < -0.4 is 10.1 Å². The number of rotatable bonds is 5. The van der Waals surface area contributed by atoms with Crippen LogP contribution in [0.2, 0.25) is 0 Å². The van der Waals surface area contributed by atoms with E-state index in [9.17, 15) is 4.79 Å². The minimum absolute atomic E-state index is 0.257. The van der Waals surface area contributed by atoms with Crippen molar-refractivity contribution in [1.82, 2.24) is 19.7 Å². The van der Waals surface area contributed by atoms with Crippen LogP contribution in [0.25, 0.3) is 10.9 Å². The molecule has 0 saturated heterocycles. The van der Waals surface area contributed by atoms with Gasteiger partial charge in [-0.05, 0) is 29.8 Å². The molecule has 0 atom stereocenters. The number of anilines is 1. The number of ether oxygens (including phenoxy) is 1. The minimum Gasteiger partial charge on any atom is -0.455 e. The van der Waals surface area contributed by atoms with E-state index in [2.05, 4.69) is 15.4 Å². The first-order valence-electron chi connectivity index (χ1n) is 9.21. The van der Waals surface area contributed by atoms with Crippen molar-refractivity contribution in [3.05, 3.63) is 78.6 Å². The molecular weight excluding hydrogens is 366 g/mol. The van der Waals surface area contributed by atoms with Gasteiger partial charge < -0.3 is 9.64 Å². The molecule has 29 heavy (non-hydrogen) atoms. The lowest BCUT2D eigenvalue weighted by Gasteiger charge is -2.11. The highest BCUT2D eigenvalue weighted by Crippen LogP contribution is 2.35. The molecule has 2 amide bonds. The first-order chi connectivity index (χ1) is 14.1. The fourth-order valence-electron chi connectivity index (χ4n) is 2.99. The summed E-state index contributed by atoms with van der Waals surface area (Å²) in [5.74, 6) is 1.67. The normalized spacial score (nSPS) is 10.7. The zero-order valence-corrected chi connectivity index (χ0v) is 16.2. The van der Waals surface area contributed by atoms with Crippen molar-refractivity contribution in [1.29, 1.82) is 0 Å². The van der Waals surface area contributed by atoms with Crippen LogP contribution in [0.15, 0.2) is 73.1 Å². The maximum absolute atomic E-state index is 12.3. The number of fused-ring (bicyclic) bond motifs is 1. The number of nitrogens with one attached hydrogen (secondary N) is 1. The van der Waals surface area contributed by atoms with E-state index in [0.717, 1.165) is 16.5 Å². The zero-order chi connectivity index (χ0) is 20.2. The number of hydrogen-bond donors (Lipinski definition) is 1. The monoisotopic (exact) mass is 387 g/mol. The van der Waals surface area contributed by atoms with Gasteiger partial charge in [0.2, 0.25) is 0 Å². The Kier molecular flexibility index (Phi) is 5.11. The standard InChI is InChI=1S/C22H21N5O2/c1-26(2)22(28)24-21-20-18(27(25-21)15-16-8-4-3-5-9-16)11-6-12-19(20)29-17-10-7-13-23-14-17/h3-14H,15H2,1-2H3,(H,24,25,28). The van der Waals surface area contributed by atoms with Crippen LogP contribution in [0.5, 0.6) is 11.5 Å². The van der Waals surface area contributed by atoms with Crippen molar-refractivity contribution in [3.8, 4) is 11.5 Å². The fourth-order valence-corrected chi connectivity index (χ4v) is 2.99. The molecule has 146 valence electrons. The Morgan fingerprint density at radius 3 is 2.62 bits per heavy atom. The molecule has 0 aliphatic rings. The summed E-state index contributed by atoms with van der Waals surface area (Å²) in [4.78, 5) is 17.9. The highest BCUT2D eigenvalue weighted by atomic mass is 16.5. The van der Waals surface area contributed by atoms with Crippen molar-refractivity contribution >= 4 is 22.8 Å². The van der Waals surface area contributed by atoms with Gasteiger partial charge in [0, 0.05) is 20.3 Å². The summed E-state index contributed by atoms with van der Waals surface area (Å²) in [6.45, 7) is 0.575. The molecule has 0 aliphatic carbocycles. The van der Waals surface area contributed by atoms with Gasteiger partial charge in [0.25, 0.3) is 0 Å². The third-order valence-electron chi connectivity index (χ3n) is 4.41. The molecule has 2 heterocycles. The molecular formula is C22H21N5O2. The van der Waals surface area contributed by atoms with Gasteiger partial charge in [0.05, 0.1) is 23.6 Å². The second kappa shape index (κ2) is 8.02. The molecule has 4 aromatic rings. The summed E-state index contributed by atoms with van der Waals surface area (Å²) in [5, 5.41) is 8.29. The molecule has 0 fully saturated rings. The van der Waals surface area contributed by atoms with E-state index in [1.807, 2.05) is 65.3 Å². The molecule has 7 nitrogen and oxygen atoms in total. The summed E-state index contributed by atoms with van der Waals surface area (Å²) in [6, 6.07) is 19.2. The molecule has 2 aromatic heterocycles.